The molecular formula is C13H16ClNO2. The molecule has 1 aromatic rings. The van der Waals surface area contributed by atoms with Crippen molar-refractivity contribution < 1.29 is 9.53 Å². The fraction of sp³-hybridized carbons (Fsp3) is 0.308. The van der Waals surface area contributed by atoms with Crippen molar-refractivity contribution in [2.75, 3.05) is 13.2 Å². The molecule has 3 nitrogen and oxygen atoms in total. The van der Waals surface area contributed by atoms with Crippen LogP contribution in [0.4, 0.5) is 0 Å². The van der Waals surface area contributed by atoms with Gasteiger partial charge in [-0.1, -0.05) is 31.2 Å². The molecule has 1 rings (SSSR count). The molecule has 0 aliphatic carbocycles. The highest BCUT2D eigenvalue weighted by atomic mass is 35.5. The summed E-state index contributed by atoms with van der Waals surface area (Å²) in [6.45, 7) is 6.44. The van der Waals surface area contributed by atoms with Gasteiger partial charge in [0.25, 0.3) is 5.91 Å². The third-order valence-electron chi connectivity index (χ3n) is 2.01. The normalized spacial score (nSPS) is 9.76. The molecule has 1 amide bonds. The van der Waals surface area contributed by atoms with Crippen LogP contribution in [-0.4, -0.2) is 19.1 Å². The van der Waals surface area contributed by atoms with Crippen molar-refractivity contribution in [3.63, 3.8) is 0 Å². The zero-order valence-corrected chi connectivity index (χ0v) is 10.6. The lowest BCUT2D eigenvalue weighted by Gasteiger charge is -2.07. The first-order valence-corrected chi connectivity index (χ1v) is 5.85. The lowest BCUT2D eigenvalue weighted by Crippen LogP contribution is -2.24. The second-order valence-electron chi connectivity index (χ2n) is 3.58. The molecule has 0 spiro atoms. The van der Waals surface area contributed by atoms with Crippen molar-refractivity contribution >= 4 is 17.5 Å². The van der Waals surface area contributed by atoms with Crippen LogP contribution < -0.4 is 10.1 Å². The Labute approximate surface area is 106 Å². The summed E-state index contributed by atoms with van der Waals surface area (Å²) in [5.41, 5.74) is 0.552. The standard InChI is InChI=1S/C13H16ClNO2/c1-3-7-17-12-6-4-5-11(8-12)13(16)15-9-10(2)14/h4-6,8H,2-3,7,9H2,1H3,(H,15,16). The van der Waals surface area contributed by atoms with E-state index in [1.54, 1.807) is 18.2 Å². The summed E-state index contributed by atoms with van der Waals surface area (Å²) in [5, 5.41) is 3.06. The van der Waals surface area contributed by atoms with Gasteiger partial charge in [0.1, 0.15) is 5.75 Å². The third kappa shape index (κ3) is 4.91. The van der Waals surface area contributed by atoms with E-state index in [2.05, 4.69) is 11.9 Å². The van der Waals surface area contributed by atoms with Crippen molar-refractivity contribution in [3.05, 3.63) is 41.4 Å². The van der Waals surface area contributed by atoms with Gasteiger partial charge in [0, 0.05) is 10.6 Å². The Morgan fingerprint density at radius 2 is 2.29 bits per heavy atom. The molecule has 0 atom stereocenters. The largest absolute Gasteiger partial charge is 0.494 e. The Bertz CT molecular complexity index is 404. The first-order valence-electron chi connectivity index (χ1n) is 5.48. The average Bonchev–Trinajstić information content (AvgIpc) is 2.33. The maximum atomic E-state index is 11.7. The Morgan fingerprint density at radius 3 is 2.94 bits per heavy atom. The van der Waals surface area contributed by atoms with Gasteiger partial charge in [0.2, 0.25) is 0 Å². The molecule has 92 valence electrons. The fourth-order valence-electron chi connectivity index (χ4n) is 1.23. The van der Waals surface area contributed by atoms with Gasteiger partial charge in [-0.3, -0.25) is 4.79 Å². The summed E-state index contributed by atoms with van der Waals surface area (Å²) in [7, 11) is 0. The summed E-state index contributed by atoms with van der Waals surface area (Å²) in [5.74, 6) is 0.512. The number of rotatable bonds is 6. The number of amides is 1. The minimum absolute atomic E-state index is 0.186. The Hall–Kier alpha value is -1.48. The molecular weight excluding hydrogens is 238 g/mol. The van der Waals surface area contributed by atoms with Crippen LogP contribution >= 0.6 is 11.6 Å². The van der Waals surface area contributed by atoms with Crippen LogP contribution in [0.15, 0.2) is 35.9 Å². The van der Waals surface area contributed by atoms with Crippen LogP contribution in [0.1, 0.15) is 23.7 Å². The first kappa shape index (κ1) is 13.6. The number of ether oxygens (including phenoxy) is 1. The Morgan fingerprint density at radius 1 is 1.53 bits per heavy atom. The topological polar surface area (TPSA) is 38.3 Å². The average molecular weight is 254 g/mol. The van der Waals surface area contributed by atoms with E-state index in [-0.39, 0.29) is 12.5 Å². The summed E-state index contributed by atoms with van der Waals surface area (Å²) >= 11 is 5.58. The number of halogens is 1. The highest BCUT2D eigenvalue weighted by Crippen LogP contribution is 2.13. The van der Waals surface area contributed by atoms with Crippen molar-refractivity contribution in [1.82, 2.24) is 5.32 Å². The lowest BCUT2D eigenvalue weighted by molar-refractivity contribution is 0.0957. The summed E-state index contributed by atoms with van der Waals surface area (Å²) < 4.78 is 5.45. The summed E-state index contributed by atoms with van der Waals surface area (Å²) in [6, 6.07) is 7.05. The molecule has 0 aliphatic rings. The maximum absolute atomic E-state index is 11.7. The van der Waals surface area contributed by atoms with Crippen LogP contribution in [0.25, 0.3) is 0 Å². The number of benzene rings is 1. The second-order valence-corrected chi connectivity index (χ2v) is 4.11. The van der Waals surface area contributed by atoms with Gasteiger partial charge in [-0.15, -0.1) is 0 Å². The van der Waals surface area contributed by atoms with Crippen LogP contribution in [0, 0.1) is 0 Å². The van der Waals surface area contributed by atoms with E-state index in [4.69, 9.17) is 16.3 Å². The molecule has 0 radical (unpaired) electrons. The molecule has 1 aromatic carbocycles. The van der Waals surface area contributed by atoms with E-state index in [0.717, 1.165) is 6.42 Å². The van der Waals surface area contributed by atoms with Crippen molar-refractivity contribution in [3.8, 4) is 5.75 Å². The molecule has 1 N–H and O–H groups in total. The van der Waals surface area contributed by atoms with E-state index in [0.29, 0.717) is 23.0 Å². The van der Waals surface area contributed by atoms with Crippen LogP contribution in [-0.2, 0) is 0 Å². The van der Waals surface area contributed by atoms with E-state index in [1.807, 2.05) is 13.0 Å². The molecule has 17 heavy (non-hydrogen) atoms. The molecule has 0 unspecified atom stereocenters. The minimum atomic E-state index is -0.186. The van der Waals surface area contributed by atoms with Gasteiger partial charge in [-0.2, -0.15) is 0 Å². The van der Waals surface area contributed by atoms with E-state index >= 15 is 0 Å². The van der Waals surface area contributed by atoms with Gasteiger partial charge in [0.15, 0.2) is 0 Å². The van der Waals surface area contributed by atoms with Gasteiger partial charge in [-0.05, 0) is 24.6 Å². The molecule has 0 aliphatic heterocycles. The van der Waals surface area contributed by atoms with Gasteiger partial charge in [0.05, 0.1) is 13.2 Å². The Kier molecular flexibility index (Phi) is 5.57. The smallest absolute Gasteiger partial charge is 0.251 e. The van der Waals surface area contributed by atoms with Crippen molar-refractivity contribution in [1.29, 1.82) is 0 Å². The predicted molar refractivity (Wildman–Crippen MR) is 69.6 cm³/mol. The SMILES string of the molecule is C=C(Cl)CNC(=O)c1cccc(OCCC)c1. The fourth-order valence-corrected chi connectivity index (χ4v) is 1.29. The summed E-state index contributed by atoms with van der Waals surface area (Å²) in [4.78, 5) is 11.7. The number of carbonyl (C=O) groups excluding carboxylic acids is 1. The number of nitrogens with one attached hydrogen (secondary N) is 1. The second kappa shape index (κ2) is 6.97. The molecule has 4 heteroatoms. The van der Waals surface area contributed by atoms with Crippen LogP contribution in [0.3, 0.4) is 0 Å². The summed E-state index contributed by atoms with van der Waals surface area (Å²) in [6.07, 6.45) is 0.933. The van der Waals surface area contributed by atoms with Gasteiger partial charge < -0.3 is 10.1 Å². The predicted octanol–water partition coefficient (Wildman–Crippen LogP) is 2.96. The number of hydrogen-bond donors (Lipinski definition) is 1. The minimum Gasteiger partial charge on any atom is -0.494 e. The van der Waals surface area contributed by atoms with E-state index < -0.39 is 0 Å². The van der Waals surface area contributed by atoms with Crippen molar-refractivity contribution in [2.45, 2.75) is 13.3 Å². The van der Waals surface area contributed by atoms with E-state index in [9.17, 15) is 4.79 Å². The van der Waals surface area contributed by atoms with Crippen LogP contribution in [0.2, 0.25) is 0 Å². The lowest BCUT2D eigenvalue weighted by atomic mass is 10.2. The first-order chi connectivity index (χ1) is 8.13. The number of hydrogen-bond acceptors (Lipinski definition) is 2. The number of carbonyl (C=O) groups is 1. The quantitative estimate of drug-likeness (QED) is 0.847. The van der Waals surface area contributed by atoms with Crippen LogP contribution in [0.5, 0.6) is 5.75 Å². The highest BCUT2D eigenvalue weighted by molar-refractivity contribution is 6.29. The van der Waals surface area contributed by atoms with Gasteiger partial charge in [-0.25, -0.2) is 0 Å². The zero-order chi connectivity index (χ0) is 12.7. The molecule has 0 aromatic heterocycles. The Balaban J connectivity index is 2.63. The maximum Gasteiger partial charge on any atom is 0.251 e. The van der Waals surface area contributed by atoms with E-state index in [1.165, 1.54) is 0 Å². The third-order valence-corrected chi connectivity index (χ3v) is 2.14. The zero-order valence-electron chi connectivity index (χ0n) is 9.83. The molecule has 0 saturated heterocycles. The molecule has 0 saturated carbocycles. The molecule has 0 fully saturated rings. The highest BCUT2D eigenvalue weighted by Gasteiger charge is 2.06. The van der Waals surface area contributed by atoms with Gasteiger partial charge >= 0.3 is 0 Å². The monoisotopic (exact) mass is 253 g/mol. The molecule has 0 heterocycles. The molecule has 0 bridgehead atoms. The van der Waals surface area contributed by atoms with Crippen molar-refractivity contribution in [2.24, 2.45) is 0 Å².